The molecule has 6 nitrogen and oxygen atoms in total. The third-order valence-corrected chi connectivity index (χ3v) is 6.67. The van der Waals surface area contributed by atoms with E-state index < -0.39 is 17.8 Å². The molecule has 1 unspecified atom stereocenters. The molecule has 0 bridgehead atoms. The lowest BCUT2D eigenvalue weighted by Gasteiger charge is -2.36. The first kappa shape index (κ1) is 23.1. The molecule has 7 heteroatoms. The van der Waals surface area contributed by atoms with Gasteiger partial charge in [-0.1, -0.05) is 29.8 Å². The molecule has 0 radical (unpaired) electrons. The minimum Gasteiger partial charge on any atom is -0.493 e. The number of halogens is 1. The maximum absolute atomic E-state index is 13.6. The molecule has 2 aromatic rings. The van der Waals surface area contributed by atoms with E-state index in [4.69, 9.17) is 30.8 Å². The normalized spacial score (nSPS) is 22.4. The molecule has 1 aliphatic heterocycles. The summed E-state index contributed by atoms with van der Waals surface area (Å²) in [7, 11) is 4.53. The topological polar surface area (TPSA) is 74.2 Å². The molecule has 3 atom stereocenters. The number of hydrogen-bond donors (Lipinski definition) is 0. The number of nitrogens with zero attached hydrogens (tertiary/aromatic N) is 1. The minimum atomic E-state index is -0.672. The summed E-state index contributed by atoms with van der Waals surface area (Å²) in [5.41, 5.74) is 3.71. The molecule has 0 fully saturated rings. The van der Waals surface area contributed by atoms with Crippen LogP contribution in [0.25, 0.3) is 0 Å². The van der Waals surface area contributed by atoms with Crippen LogP contribution < -0.4 is 9.47 Å². The Morgan fingerprint density at radius 1 is 1.00 bits per heavy atom. The highest BCUT2D eigenvalue weighted by Crippen LogP contribution is 2.47. The molecular formula is C26H26ClNO5. The van der Waals surface area contributed by atoms with Crippen LogP contribution in [0.5, 0.6) is 11.5 Å². The van der Waals surface area contributed by atoms with E-state index in [0.29, 0.717) is 46.3 Å². The van der Waals surface area contributed by atoms with Crippen LogP contribution in [0.2, 0.25) is 5.02 Å². The van der Waals surface area contributed by atoms with Gasteiger partial charge < -0.3 is 14.2 Å². The second-order valence-electron chi connectivity index (χ2n) is 8.29. The van der Waals surface area contributed by atoms with Crippen molar-refractivity contribution in [2.45, 2.75) is 31.6 Å². The number of hydrogen-bond acceptors (Lipinski definition) is 6. The number of aliphatic imine (C=N–C) groups is 1. The van der Waals surface area contributed by atoms with Crippen molar-refractivity contribution in [1.29, 1.82) is 0 Å². The van der Waals surface area contributed by atoms with Crippen molar-refractivity contribution in [3.63, 3.8) is 0 Å². The van der Waals surface area contributed by atoms with Gasteiger partial charge in [0.2, 0.25) is 0 Å². The van der Waals surface area contributed by atoms with Gasteiger partial charge in [-0.2, -0.15) is 0 Å². The highest BCUT2D eigenvalue weighted by Gasteiger charge is 2.44. The van der Waals surface area contributed by atoms with Gasteiger partial charge >= 0.3 is 5.97 Å². The van der Waals surface area contributed by atoms with E-state index in [9.17, 15) is 9.59 Å². The van der Waals surface area contributed by atoms with Crippen molar-refractivity contribution >= 4 is 29.1 Å². The summed E-state index contributed by atoms with van der Waals surface area (Å²) < 4.78 is 15.9. The summed E-state index contributed by atoms with van der Waals surface area (Å²) in [6, 6.07) is 13.0. The third kappa shape index (κ3) is 4.27. The molecule has 0 aromatic heterocycles. The largest absolute Gasteiger partial charge is 0.493 e. The van der Waals surface area contributed by atoms with Crippen molar-refractivity contribution in [2.24, 2.45) is 10.9 Å². The van der Waals surface area contributed by atoms with E-state index in [0.717, 1.165) is 11.1 Å². The molecule has 0 N–H and O–H groups in total. The molecule has 1 aliphatic carbocycles. The highest BCUT2D eigenvalue weighted by atomic mass is 35.5. The van der Waals surface area contributed by atoms with Gasteiger partial charge in [0, 0.05) is 34.3 Å². The Morgan fingerprint density at radius 3 is 2.42 bits per heavy atom. The number of esters is 1. The fraction of sp³-hybridized carbons (Fsp3) is 0.346. The number of benzene rings is 2. The van der Waals surface area contributed by atoms with Crippen molar-refractivity contribution in [1.82, 2.24) is 0 Å². The number of ketones is 1. The van der Waals surface area contributed by atoms with Crippen LogP contribution in [-0.4, -0.2) is 38.8 Å². The zero-order valence-electron chi connectivity index (χ0n) is 19.1. The Labute approximate surface area is 198 Å². The van der Waals surface area contributed by atoms with E-state index in [-0.39, 0.29) is 11.7 Å². The Bertz CT molecular complexity index is 1170. The van der Waals surface area contributed by atoms with Crippen molar-refractivity contribution in [3.8, 4) is 11.5 Å². The van der Waals surface area contributed by atoms with Gasteiger partial charge in [-0.05, 0) is 54.7 Å². The van der Waals surface area contributed by atoms with Crippen LogP contribution >= 0.6 is 11.6 Å². The number of methoxy groups -OCH3 is 3. The Hall–Kier alpha value is -3.12. The van der Waals surface area contributed by atoms with Gasteiger partial charge in [0.05, 0.1) is 21.3 Å². The van der Waals surface area contributed by atoms with Crippen LogP contribution in [0.3, 0.4) is 0 Å². The lowest BCUT2D eigenvalue weighted by molar-refractivity contribution is -0.143. The molecule has 0 saturated carbocycles. The molecule has 0 spiro atoms. The zero-order valence-corrected chi connectivity index (χ0v) is 19.8. The molecular weight excluding hydrogens is 442 g/mol. The quantitative estimate of drug-likeness (QED) is 0.571. The molecule has 0 amide bonds. The first-order valence-corrected chi connectivity index (χ1v) is 11.1. The Balaban J connectivity index is 1.79. The van der Waals surface area contributed by atoms with Crippen LogP contribution in [0.4, 0.5) is 0 Å². The van der Waals surface area contributed by atoms with Crippen LogP contribution in [-0.2, 0) is 14.3 Å². The number of allylic oxidation sites excluding steroid dienone is 2. The number of carbonyl (C=O) groups excluding carboxylic acids is 2. The average molecular weight is 468 g/mol. The van der Waals surface area contributed by atoms with E-state index in [1.54, 1.807) is 26.4 Å². The lowest BCUT2D eigenvalue weighted by Crippen LogP contribution is -2.37. The molecule has 2 aromatic carbocycles. The number of rotatable bonds is 5. The summed E-state index contributed by atoms with van der Waals surface area (Å²) in [5, 5.41) is 0.546. The smallest absolute Gasteiger partial charge is 0.315 e. The minimum absolute atomic E-state index is 0.0221. The standard InChI is InChI=1S/C26H26ClNO5/c1-14-23(26(30)33-4)24(16-6-5-7-18(27)10-16)25-19(28-14)11-17(12-20(25)29)15-8-9-21(31-2)22(13-15)32-3/h5-10,13,17,23-24H,11-12H2,1-4H3/t17-,23?,24-/m1/s1. The predicted octanol–water partition coefficient (Wildman–Crippen LogP) is 5.11. The summed E-state index contributed by atoms with van der Waals surface area (Å²) in [6.07, 6.45) is 0.896. The fourth-order valence-corrected chi connectivity index (χ4v) is 5.09. The van der Waals surface area contributed by atoms with Gasteiger partial charge in [0.1, 0.15) is 5.92 Å². The van der Waals surface area contributed by atoms with Gasteiger partial charge in [0.25, 0.3) is 0 Å². The lowest BCUT2D eigenvalue weighted by atomic mass is 9.69. The second-order valence-corrected chi connectivity index (χ2v) is 8.73. The molecule has 0 saturated heterocycles. The van der Waals surface area contributed by atoms with E-state index in [1.807, 2.05) is 37.3 Å². The number of Topliss-reactive ketones (excluding diaryl/α,β-unsaturated/α-hetero) is 1. The second kappa shape index (κ2) is 9.40. The van der Waals surface area contributed by atoms with Crippen LogP contribution in [0.15, 0.2) is 58.7 Å². The molecule has 2 aliphatic rings. The highest BCUT2D eigenvalue weighted by molar-refractivity contribution is 6.30. The SMILES string of the molecule is COC(=O)C1C(C)=NC2=C(C(=O)C[C@H](c3ccc(OC)c(OC)c3)C2)[C@@H]1c1cccc(Cl)c1. The summed E-state index contributed by atoms with van der Waals surface area (Å²) in [4.78, 5) is 31.0. The van der Waals surface area contributed by atoms with E-state index in [2.05, 4.69) is 0 Å². The van der Waals surface area contributed by atoms with Crippen molar-refractivity contribution in [3.05, 3.63) is 69.9 Å². The molecule has 1 heterocycles. The predicted molar refractivity (Wildman–Crippen MR) is 126 cm³/mol. The van der Waals surface area contributed by atoms with E-state index >= 15 is 0 Å². The zero-order chi connectivity index (χ0) is 23.7. The van der Waals surface area contributed by atoms with Gasteiger partial charge in [0.15, 0.2) is 17.3 Å². The fourth-order valence-electron chi connectivity index (χ4n) is 4.89. The molecule has 33 heavy (non-hydrogen) atoms. The number of carbonyl (C=O) groups is 2. The maximum Gasteiger partial charge on any atom is 0.315 e. The summed E-state index contributed by atoms with van der Waals surface area (Å²) in [5.74, 6) is -0.391. The van der Waals surface area contributed by atoms with Crippen molar-refractivity contribution in [2.75, 3.05) is 21.3 Å². The third-order valence-electron chi connectivity index (χ3n) is 6.43. The van der Waals surface area contributed by atoms with E-state index in [1.165, 1.54) is 7.11 Å². The van der Waals surface area contributed by atoms with Crippen LogP contribution in [0.1, 0.15) is 42.7 Å². The van der Waals surface area contributed by atoms with Crippen LogP contribution in [0, 0.1) is 5.92 Å². The number of ether oxygens (including phenoxy) is 3. The van der Waals surface area contributed by atoms with Gasteiger partial charge in [-0.3, -0.25) is 14.6 Å². The van der Waals surface area contributed by atoms with Gasteiger partial charge in [-0.25, -0.2) is 0 Å². The summed E-state index contributed by atoms with van der Waals surface area (Å²) >= 11 is 6.26. The summed E-state index contributed by atoms with van der Waals surface area (Å²) in [6.45, 7) is 1.81. The monoisotopic (exact) mass is 467 g/mol. The van der Waals surface area contributed by atoms with Crippen molar-refractivity contribution < 1.29 is 23.8 Å². The average Bonchev–Trinajstić information content (AvgIpc) is 2.82. The Kier molecular flexibility index (Phi) is 6.56. The first-order chi connectivity index (χ1) is 15.9. The first-order valence-electron chi connectivity index (χ1n) is 10.7. The molecule has 4 rings (SSSR count). The maximum atomic E-state index is 13.6. The Morgan fingerprint density at radius 2 is 1.76 bits per heavy atom. The van der Waals surface area contributed by atoms with Gasteiger partial charge in [-0.15, -0.1) is 0 Å². The molecule has 172 valence electrons.